The van der Waals surface area contributed by atoms with Crippen molar-refractivity contribution in [3.8, 4) is 0 Å². The van der Waals surface area contributed by atoms with E-state index < -0.39 is 28.8 Å². The summed E-state index contributed by atoms with van der Waals surface area (Å²) in [5, 5.41) is 13.7. The molecule has 1 aromatic rings. The molecule has 0 aromatic heterocycles. The van der Waals surface area contributed by atoms with Gasteiger partial charge >= 0.3 is 18.1 Å². The van der Waals surface area contributed by atoms with Crippen LogP contribution in [-0.2, 0) is 0 Å². The van der Waals surface area contributed by atoms with Crippen LogP contribution in [0.15, 0.2) is 23.3 Å². The summed E-state index contributed by atoms with van der Waals surface area (Å²) in [6.07, 6.45) is -3.38. The Morgan fingerprint density at radius 3 is 2.21 bits per heavy atom. The van der Waals surface area contributed by atoms with E-state index in [9.17, 15) is 40.8 Å². The molecule has 0 aliphatic carbocycles. The van der Waals surface area contributed by atoms with Gasteiger partial charge in [-0.15, -0.1) is 0 Å². The third-order valence-electron chi connectivity index (χ3n) is 4.08. The first-order valence-corrected chi connectivity index (χ1v) is 8.03. The Balaban J connectivity index is 2.30. The van der Waals surface area contributed by atoms with Gasteiger partial charge in [0.2, 0.25) is 0 Å². The Bertz CT molecular complexity index is 746. The van der Waals surface area contributed by atoms with Gasteiger partial charge in [0.05, 0.1) is 11.1 Å². The predicted molar refractivity (Wildman–Crippen MR) is 85.8 cm³/mol. The second kappa shape index (κ2) is 7.80. The largest absolute Gasteiger partial charge is 0.462 e. The quantitative estimate of drug-likeness (QED) is 0.247. The smallest absolute Gasteiger partial charge is 0.371 e. The monoisotopic (exact) mass is 416 g/mol. The number of nitro groups is 1. The molecule has 1 aliphatic rings. The number of anilines is 1. The lowest BCUT2D eigenvalue weighted by molar-refractivity contribution is -0.384. The van der Waals surface area contributed by atoms with Crippen LogP contribution in [0.3, 0.4) is 0 Å². The molecule has 0 bridgehead atoms. The number of rotatable bonds is 6. The highest BCUT2D eigenvalue weighted by atomic mass is 19.4. The van der Waals surface area contributed by atoms with E-state index in [0.717, 1.165) is 25.3 Å². The number of nitro benzene ring substituents is 1. The molecule has 0 unspecified atom stereocenters. The SMILES string of the molecule is O=[N+]([O-])c1ccc(N2CCCCC2)c(/C=N/NC(F)(F)C(F)(F)C(F)(F)F)c1. The topological polar surface area (TPSA) is 70.8 Å². The molecule has 2 rings (SSSR count). The third-order valence-corrected chi connectivity index (χ3v) is 4.08. The van der Waals surface area contributed by atoms with Gasteiger partial charge in [-0.05, 0) is 25.3 Å². The molecule has 1 saturated heterocycles. The lowest BCUT2D eigenvalue weighted by atomic mass is 10.1. The summed E-state index contributed by atoms with van der Waals surface area (Å²) in [6, 6.07) is -2.24. The minimum absolute atomic E-state index is 0.0743. The lowest BCUT2D eigenvalue weighted by Gasteiger charge is -2.30. The lowest BCUT2D eigenvalue weighted by Crippen LogP contribution is -2.58. The number of hydrogen-bond donors (Lipinski definition) is 1. The zero-order chi connectivity index (χ0) is 21.2. The number of nitrogens with one attached hydrogen (secondary N) is 1. The van der Waals surface area contributed by atoms with E-state index in [4.69, 9.17) is 0 Å². The Hall–Kier alpha value is -2.60. The highest BCUT2D eigenvalue weighted by Crippen LogP contribution is 2.45. The number of alkyl halides is 7. The van der Waals surface area contributed by atoms with Crippen LogP contribution in [0.25, 0.3) is 0 Å². The average Bonchev–Trinajstić information content (AvgIpc) is 2.61. The highest BCUT2D eigenvalue weighted by Gasteiger charge is 2.73. The predicted octanol–water partition coefficient (Wildman–Crippen LogP) is 4.30. The molecular weight excluding hydrogens is 401 g/mol. The van der Waals surface area contributed by atoms with Gasteiger partial charge in [0.1, 0.15) is 0 Å². The highest BCUT2D eigenvalue weighted by molar-refractivity contribution is 5.89. The zero-order valence-electron chi connectivity index (χ0n) is 14.1. The van der Waals surface area contributed by atoms with Crippen LogP contribution in [0, 0.1) is 10.1 Å². The summed E-state index contributed by atoms with van der Waals surface area (Å²) < 4.78 is 88.6. The van der Waals surface area contributed by atoms with Gasteiger partial charge < -0.3 is 4.90 Å². The molecule has 1 heterocycles. The Kier molecular flexibility index (Phi) is 6.04. The number of hydrazone groups is 1. The summed E-state index contributed by atoms with van der Waals surface area (Å²) in [5.41, 5.74) is 0.378. The van der Waals surface area contributed by atoms with Crippen LogP contribution in [0.1, 0.15) is 24.8 Å². The molecular formula is C15H15F7N4O2. The minimum Gasteiger partial charge on any atom is -0.371 e. The van der Waals surface area contributed by atoms with Crippen molar-refractivity contribution in [3.05, 3.63) is 33.9 Å². The fraction of sp³-hybridized carbons (Fsp3) is 0.533. The van der Waals surface area contributed by atoms with Crippen LogP contribution in [0.4, 0.5) is 42.1 Å². The van der Waals surface area contributed by atoms with E-state index in [2.05, 4.69) is 5.10 Å². The number of halogens is 7. The van der Waals surface area contributed by atoms with Gasteiger partial charge in [-0.1, -0.05) is 0 Å². The van der Waals surface area contributed by atoms with Gasteiger partial charge in [0, 0.05) is 36.5 Å². The number of nitrogens with zero attached hydrogens (tertiary/aromatic N) is 3. The van der Waals surface area contributed by atoms with Gasteiger partial charge in [-0.2, -0.15) is 35.8 Å². The number of non-ortho nitro benzene ring substituents is 1. The first-order valence-electron chi connectivity index (χ1n) is 8.03. The van der Waals surface area contributed by atoms with Crippen molar-refractivity contribution in [1.82, 2.24) is 5.43 Å². The maximum atomic E-state index is 13.2. The Morgan fingerprint density at radius 1 is 1.07 bits per heavy atom. The van der Waals surface area contributed by atoms with Gasteiger partial charge in [0.15, 0.2) is 0 Å². The molecule has 28 heavy (non-hydrogen) atoms. The molecule has 1 fully saturated rings. The fourth-order valence-corrected chi connectivity index (χ4v) is 2.61. The van der Waals surface area contributed by atoms with Crippen molar-refractivity contribution in [2.45, 2.75) is 37.4 Å². The maximum Gasteiger partial charge on any atom is 0.462 e. The van der Waals surface area contributed by atoms with E-state index in [0.29, 0.717) is 30.4 Å². The Labute approximate surface area is 154 Å². The van der Waals surface area contributed by atoms with Crippen LogP contribution in [0.2, 0.25) is 0 Å². The van der Waals surface area contributed by atoms with Crippen molar-refractivity contribution in [3.63, 3.8) is 0 Å². The van der Waals surface area contributed by atoms with Crippen molar-refractivity contribution in [2.24, 2.45) is 5.10 Å². The van der Waals surface area contributed by atoms with E-state index >= 15 is 0 Å². The average molecular weight is 416 g/mol. The molecule has 13 heteroatoms. The van der Waals surface area contributed by atoms with Crippen molar-refractivity contribution in [2.75, 3.05) is 18.0 Å². The van der Waals surface area contributed by atoms with E-state index in [1.807, 2.05) is 0 Å². The first kappa shape index (κ1) is 21.7. The zero-order valence-corrected chi connectivity index (χ0v) is 14.1. The molecule has 1 aliphatic heterocycles. The van der Waals surface area contributed by atoms with Crippen LogP contribution in [-0.4, -0.2) is 42.4 Å². The molecule has 156 valence electrons. The summed E-state index contributed by atoms with van der Waals surface area (Å²) in [5.74, 6) is -6.37. The second-order valence-corrected chi connectivity index (χ2v) is 6.06. The third kappa shape index (κ3) is 4.44. The molecule has 1 aromatic carbocycles. The molecule has 0 spiro atoms. The maximum absolute atomic E-state index is 13.2. The standard InChI is InChI=1S/C15H15F7N4O2/c16-13(17,14(18,19)20)15(21,22)24-23-9-10-8-11(26(27)28)4-5-12(10)25-6-2-1-3-7-25/h4-5,8-9,24H,1-3,6-7H2/b23-9+. The van der Waals surface area contributed by atoms with Crippen LogP contribution >= 0.6 is 0 Å². The number of benzene rings is 1. The van der Waals surface area contributed by atoms with Crippen LogP contribution < -0.4 is 10.3 Å². The van der Waals surface area contributed by atoms with E-state index in [1.165, 1.54) is 12.1 Å². The fourth-order valence-electron chi connectivity index (χ4n) is 2.61. The summed E-state index contributed by atoms with van der Waals surface area (Å²) >= 11 is 0. The minimum atomic E-state index is -6.50. The first-order chi connectivity index (χ1) is 12.9. The molecule has 1 N–H and O–H groups in total. The number of hydrogen-bond acceptors (Lipinski definition) is 5. The summed E-state index contributed by atoms with van der Waals surface area (Å²) in [4.78, 5) is 11.9. The van der Waals surface area contributed by atoms with Crippen LogP contribution in [0.5, 0.6) is 0 Å². The second-order valence-electron chi connectivity index (χ2n) is 6.06. The molecule has 0 amide bonds. The summed E-state index contributed by atoms with van der Waals surface area (Å²) in [7, 11) is 0. The normalized spacial score (nSPS) is 16.5. The molecule has 0 saturated carbocycles. The number of piperidine rings is 1. The molecule has 0 atom stereocenters. The summed E-state index contributed by atoms with van der Waals surface area (Å²) in [6.45, 7) is 1.13. The van der Waals surface area contributed by atoms with Crippen molar-refractivity contribution in [1.29, 1.82) is 0 Å². The molecule has 6 nitrogen and oxygen atoms in total. The van der Waals surface area contributed by atoms with Crippen molar-refractivity contribution >= 4 is 17.6 Å². The Morgan fingerprint density at radius 2 is 1.68 bits per heavy atom. The van der Waals surface area contributed by atoms with Gasteiger partial charge in [-0.3, -0.25) is 10.1 Å². The van der Waals surface area contributed by atoms with E-state index in [-0.39, 0.29) is 5.56 Å². The van der Waals surface area contributed by atoms with Gasteiger partial charge in [-0.25, -0.2) is 5.43 Å². The van der Waals surface area contributed by atoms with Crippen molar-refractivity contribution < 1.29 is 35.7 Å². The van der Waals surface area contributed by atoms with E-state index in [1.54, 1.807) is 4.90 Å². The molecule has 0 radical (unpaired) electrons. The van der Waals surface area contributed by atoms with Gasteiger partial charge in [0.25, 0.3) is 5.69 Å².